The summed E-state index contributed by atoms with van der Waals surface area (Å²) in [6, 6.07) is 7.82. The Kier molecular flexibility index (Phi) is 6.28. The number of benzene rings is 1. The molecule has 15 heavy (non-hydrogen) atoms. The van der Waals surface area contributed by atoms with E-state index in [1.807, 2.05) is 31.3 Å². The van der Waals surface area contributed by atoms with Crippen LogP contribution in [0, 0.1) is 0 Å². The van der Waals surface area contributed by atoms with Gasteiger partial charge in [0.2, 0.25) is 0 Å². The number of carbonyl (C=O) groups is 1. The standard InChI is InChI=1S/C11H14INOS/c1-13-8-9-2-4-10(5-3-9)11(14)6-7-15-12/h2-5,13H,6-8H2,1H3. The van der Waals surface area contributed by atoms with E-state index < -0.39 is 0 Å². The maximum absolute atomic E-state index is 11.6. The van der Waals surface area contributed by atoms with Crippen LogP contribution in [0.5, 0.6) is 0 Å². The van der Waals surface area contributed by atoms with Crippen LogP contribution in [0.2, 0.25) is 0 Å². The summed E-state index contributed by atoms with van der Waals surface area (Å²) in [4.78, 5) is 11.6. The number of ketones is 1. The number of rotatable bonds is 6. The molecule has 0 amide bonds. The van der Waals surface area contributed by atoms with Gasteiger partial charge in [0.15, 0.2) is 5.78 Å². The summed E-state index contributed by atoms with van der Waals surface area (Å²) in [5, 5.41) is 3.08. The molecule has 0 spiro atoms. The molecular formula is C11H14INOS. The van der Waals surface area contributed by atoms with Gasteiger partial charge in [-0.1, -0.05) is 33.2 Å². The van der Waals surface area contributed by atoms with Crippen molar-refractivity contribution in [1.29, 1.82) is 0 Å². The summed E-state index contributed by atoms with van der Waals surface area (Å²) in [5.41, 5.74) is 2.03. The minimum atomic E-state index is 0.232. The van der Waals surface area contributed by atoms with Crippen molar-refractivity contribution in [2.45, 2.75) is 13.0 Å². The molecule has 0 heterocycles. The van der Waals surface area contributed by atoms with Crippen molar-refractivity contribution in [3.05, 3.63) is 35.4 Å². The van der Waals surface area contributed by atoms with E-state index in [4.69, 9.17) is 0 Å². The highest BCUT2D eigenvalue weighted by Gasteiger charge is 2.04. The number of nitrogens with one attached hydrogen (secondary N) is 1. The van der Waals surface area contributed by atoms with Gasteiger partial charge in [-0.05, 0) is 33.8 Å². The summed E-state index contributed by atoms with van der Waals surface area (Å²) in [7, 11) is 3.59. The molecule has 0 fully saturated rings. The average molecular weight is 335 g/mol. The normalized spacial score (nSPS) is 10.3. The van der Waals surface area contributed by atoms with Gasteiger partial charge in [-0.2, -0.15) is 0 Å². The van der Waals surface area contributed by atoms with Gasteiger partial charge in [-0.3, -0.25) is 4.79 Å². The molecule has 0 radical (unpaired) electrons. The molecule has 0 saturated carbocycles. The van der Waals surface area contributed by atoms with Crippen LogP contribution in [0.25, 0.3) is 0 Å². The topological polar surface area (TPSA) is 29.1 Å². The van der Waals surface area contributed by atoms with Crippen molar-refractivity contribution < 1.29 is 4.79 Å². The van der Waals surface area contributed by atoms with E-state index in [9.17, 15) is 4.79 Å². The molecule has 1 rings (SSSR count). The molecule has 1 aromatic rings. The van der Waals surface area contributed by atoms with Crippen LogP contribution < -0.4 is 5.32 Å². The van der Waals surface area contributed by atoms with Gasteiger partial charge in [0, 0.05) is 24.3 Å². The Bertz CT molecular complexity index is 313. The molecule has 0 aromatic heterocycles. The molecule has 0 aliphatic carbocycles. The highest BCUT2D eigenvalue weighted by molar-refractivity contribution is 14.2. The van der Waals surface area contributed by atoms with E-state index in [0.29, 0.717) is 6.42 Å². The Morgan fingerprint density at radius 1 is 1.40 bits per heavy atom. The Labute approximate surface area is 107 Å². The fourth-order valence-corrected chi connectivity index (χ4v) is 2.21. The predicted octanol–water partition coefficient (Wildman–Crippen LogP) is 3.06. The van der Waals surface area contributed by atoms with Crippen molar-refractivity contribution in [2.75, 3.05) is 12.8 Å². The van der Waals surface area contributed by atoms with Gasteiger partial charge in [0.25, 0.3) is 0 Å². The number of hydrogen-bond donors (Lipinski definition) is 1. The summed E-state index contributed by atoms with van der Waals surface area (Å²) in [6.07, 6.45) is 0.624. The lowest BCUT2D eigenvalue weighted by Gasteiger charge is -2.02. The van der Waals surface area contributed by atoms with E-state index in [-0.39, 0.29) is 5.78 Å². The van der Waals surface area contributed by atoms with Gasteiger partial charge in [-0.25, -0.2) is 0 Å². The van der Waals surface area contributed by atoms with Crippen molar-refractivity contribution in [3.63, 3.8) is 0 Å². The van der Waals surface area contributed by atoms with Crippen molar-refractivity contribution >= 4 is 35.9 Å². The third-order valence-electron chi connectivity index (χ3n) is 2.06. The molecule has 82 valence electrons. The van der Waals surface area contributed by atoms with Gasteiger partial charge in [-0.15, -0.1) is 0 Å². The lowest BCUT2D eigenvalue weighted by molar-refractivity contribution is 0.0989. The summed E-state index contributed by atoms with van der Waals surface area (Å²) in [6.45, 7) is 0.845. The van der Waals surface area contributed by atoms with Crippen LogP contribution in [0.15, 0.2) is 24.3 Å². The molecule has 0 atom stereocenters. The molecule has 0 bridgehead atoms. The summed E-state index contributed by atoms with van der Waals surface area (Å²) < 4.78 is 0. The van der Waals surface area contributed by atoms with E-state index in [0.717, 1.165) is 17.9 Å². The first-order chi connectivity index (χ1) is 7.27. The first-order valence-corrected chi connectivity index (χ1v) is 8.31. The third-order valence-corrected chi connectivity index (χ3v) is 3.74. The van der Waals surface area contributed by atoms with Gasteiger partial charge in [0.05, 0.1) is 0 Å². The van der Waals surface area contributed by atoms with E-state index in [1.165, 1.54) is 5.56 Å². The van der Waals surface area contributed by atoms with Crippen molar-refractivity contribution in [1.82, 2.24) is 5.32 Å². The molecule has 0 saturated heterocycles. The Balaban J connectivity index is 2.58. The van der Waals surface area contributed by atoms with E-state index >= 15 is 0 Å². The number of carbonyl (C=O) groups excluding carboxylic acids is 1. The van der Waals surface area contributed by atoms with Crippen LogP contribution >= 0.6 is 30.1 Å². The molecule has 1 aromatic carbocycles. The van der Waals surface area contributed by atoms with Crippen LogP contribution in [-0.2, 0) is 6.54 Å². The zero-order chi connectivity index (χ0) is 11.1. The zero-order valence-electron chi connectivity index (χ0n) is 8.63. The smallest absolute Gasteiger partial charge is 0.163 e. The minimum absolute atomic E-state index is 0.232. The first kappa shape index (κ1) is 13.0. The lowest BCUT2D eigenvalue weighted by Crippen LogP contribution is -2.05. The fourth-order valence-electron chi connectivity index (χ4n) is 1.29. The highest BCUT2D eigenvalue weighted by Crippen LogP contribution is 2.14. The average Bonchev–Trinajstić information content (AvgIpc) is 2.27. The van der Waals surface area contributed by atoms with Gasteiger partial charge >= 0.3 is 0 Å². The second-order valence-electron chi connectivity index (χ2n) is 3.21. The number of halogens is 1. The number of hydrogen-bond acceptors (Lipinski definition) is 3. The van der Waals surface area contributed by atoms with Crippen LogP contribution in [0.3, 0.4) is 0 Å². The van der Waals surface area contributed by atoms with Crippen LogP contribution in [0.4, 0.5) is 0 Å². The molecule has 2 nitrogen and oxygen atoms in total. The quantitative estimate of drug-likeness (QED) is 0.640. The largest absolute Gasteiger partial charge is 0.316 e. The molecule has 0 aliphatic rings. The lowest BCUT2D eigenvalue weighted by atomic mass is 10.1. The number of Topliss-reactive ketones (excluding diaryl/α,β-unsaturated/α-hetero) is 1. The molecular weight excluding hydrogens is 321 g/mol. The van der Waals surface area contributed by atoms with Crippen LogP contribution in [-0.4, -0.2) is 18.6 Å². The molecule has 0 aliphatic heterocycles. The van der Waals surface area contributed by atoms with E-state index in [1.54, 1.807) is 8.93 Å². The third kappa shape index (κ3) is 4.53. The highest BCUT2D eigenvalue weighted by atomic mass is 127. The van der Waals surface area contributed by atoms with Crippen molar-refractivity contribution in [3.8, 4) is 0 Å². The molecule has 0 unspecified atom stereocenters. The van der Waals surface area contributed by atoms with Gasteiger partial charge < -0.3 is 5.32 Å². The monoisotopic (exact) mass is 335 g/mol. The van der Waals surface area contributed by atoms with Crippen LogP contribution in [0.1, 0.15) is 22.3 Å². The first-order valence-electron chi connectivity index (χ1n) is 4.78. The predicted molar refractivity (Wildman–Crippen MR) is 74.6 cm³/mol. The second kappa shape index (κ2) is 7.24. The minimum Gasteiger partial charge on any atom is -0.316 e. The SMILES string of the molecule is CNCc1ccc(C(=O)CCSI)cc1. The molecule has 1 N–H and O–H groups in total. The zero-order valence-corrected chi connectivity index (χ0v) is 11.6. The second-order valence-corrected chi connectivity index (χ2v) is 5.71. The Morgan fingerprint density at radius 2 is 2.07 bits per heavy atom. The maximum Gasteiger partial charge on any atom is 0.163 e. The Hall–Kier alpha value is -0.0700. The fraction of sp³-hybridized carbons (Fsp3) is 0.364. The molecule has 4 heteroatoms. The van der Waals surface area contributed by atoms with E-state index in [2.05, 4.69) is 26.5 Å². The summed E-state index contributed by atoms with van der Waals surface area (Å²) in [5.74, 6) is 1.12. The Morgan fingerprint density at radius 3 is 2.60 bits per heavy atom. The summed E-state index contributed by atoms with van der Waals surface area (Å²) >= 11 is 2.21. The van der Waals surface area contributed by atoms with Gasteiger partial charge in [0.1, 0.15) is 0 Å². The van der Waals surface area contributed by atoms with Crippen molar-refractivity contribution in [2.24, 2.45) is 0 Å². The maximum atomic E-state index is 11.6.